The standard InChI is InChI=1S/C10H13FO/c1-7-4-3-5-10(11)9(7)6-8(2)12/h4H,3,5-6H2,1-2H3. The molecule has 1 rings (SSSR count). The van der Waals surface area contributed by atoms with E-state index in [1.54, 1.807) is 0 Å². The molecule has 0 bridgehead atoms. The first-order chi connectivity index (χ1) is 5.61. The molecule has 0 saturated carbocycles. The van der Waals surface area contributed by atoms with Crippen molar-refractivity contribution in [1.29, 1.82) is 0 Å². The fraction of sp³-hybridized carbons (Fsp3) is 0.500. The molecule has 1 aliphatic rings. The van der Waals surface area contributed by atoms with Crippen molar-refractivity contribution in [3.63, 3.8) is 0 Å². The predicted molar refractivity (Wildman–Crippen MR) is 46.4 cm³/mol. The van der Waals surface area contributed by atoms with Crippen LogP contribution in [-0.4, -0.2) is 5.78 Å². The van der Waals surface area contributed by atoms with Gasteiger partial charge >= 0.3 is 0 Å². The van der Waals surface area contributed by atoms with Gasteiger partial charge in [0, 0.05) is 12.8 Å². The summed E-state index contributed by atoms with van der Waals surface area (Å²) < 4.78 is 13.1. The van der Waals surface area contributed by atoms with Crippen LogP contribution in [-0.2, 0) is 4.79 Å². The molecule has 0 aromatic heterocycles. The number of carbonyl (C=O) groups is 1. The Bertz CT molecular complexity index is 261. The summed E-state index contributed by atoms with van der Waals surface area (Å²) in [5, 5.41) is 0. The van der Waals surface area contributed by atoms with E-state index in [4.69, 9.17) is 0 Å². The van der Waals surface area contributed by atoms with Gasteiger partial charge in [0.25, 0.3) is 0 Å². The number of Topliss-reactive ketones (excluding diaryl/α,β-unsaturated/α-hetero) is 1. The first kappa shape index (κ1) is 9.17. The average molecular weight is 168 g/mol. The van der Waals surface area contributed by atoms with Gasteiger partial charge < -0.3 is 0 Å². The number of ketones is 1. The van der Waals surface area contributed by atoms with Gasteiger partial charge in [0.05, 0.1) is 0 Å². The lowest BCUT2D eigenvalue weighted by Gasteiger charge is -2.13. The minimum absolute atomic E-state index is 0.0230. The van der Waals surface area contributed by atoms with E-state index < -0.39 is 0 Å². The number of hydrogen-bond donors (Lipinski definition) is 0. The molecule has 0 aromatic carbocycles. The Balaban J connectivity index is 2.83. The van der Waals surface area contributed by atoms with Gasteiger partial charge in [-0.15, -0.1) is 0 Å². The van der Waals surface area contributed by atoms with Crippen LogP contribution in [0.15, 0.2) is 23.0 Å². The molecule has 0 N–H and O–H groups in total. The molecule has 0 aromatic rings. The molecule has 12 heavy (non-hydrogen) atoms. The highest BCUT2D eigenvalue weighted by Gasteiger charge is 2.13. The zero-order valence-electron chi connectivity index (χ0n) is 7.48. The normalized spacial score (nSPS) is 17.8. The maximum atomic E-state index is 13.1. The molecule has 0 saturated heterocycles. The second kappa shape index (κ2) is 3.65. The lowest BCUT2D eigenvalue weighted by Crippen LogP contribution is -2.01. The lowest BCUT2D eigenvalue weighted by atomic mass is 9.94. The molecular weight excluding hydrogens is 155 g/mol. The quantitative estimate of drug-likeness (QED) is 0.619. The van der Waals surface area contributed by atoms with Gasteiger partial charge in [-0.1, -0.05) is 6.08 Å². The highest BCUT2D eigenvalue weighted by atomic mass is 19.1. The summed E-state index contributed by atoms with van der Waals surface area (Å²) in [4.78, 5) is 10.8. The van der Waals surface area contributed by atoms with Gasteiger partial charge in [0.2, 0.25) is 0 Å². The van der Waals surface area contributed by atoms with E-state index in [9.17, 15) is 9.18 Å². The van der Waals surface area contributed by atoms with Crippen LogP contribution >= 0.6 is 0 Å². The number of halogens is 1. The van der Waals surface area contributed by atoms with Crippen LogP contribution in [0.25, 0.3) is 0 Å². The summed E-state index contributed by atoms with van der Waals surface area (Å²) in [7, 11) is 0. The van der Waals surface area contributed by atoms with Crippen LogP contribution in [0, 0.1) is 0 Å². The van der Waals surface area contributed by atoms with Crippen LogP contribution in [0.2, 0.25) is 0 Å². The summed E-state index contributed by atoms with van der Waals surface area (Å²) >= 11 is 0. The Morgan fingerprint density at radius 1 is 1.67 bits per heavy atom. The van der Waals surface area contributed by atoms with Crippen LogP contribution in [0.4, 0.5) is 4.39 Å². The van der Waals surface area contributed by atoms with Crippen LogP contribution < -0.4 is 0 Å². The molecule has 0 amide bonds. The van der Waals surface area contributed by atoms with Crippen LogP contribution in [0.1, 0.15) is 33.1 Å². The van der Waals surface area contributed by atoms with Crippen molar-refractivity contribution < 1.29 is 9.18 Å². The third-order valence-corrected chi connectivity index (χ3v) is 2.04. The molecule has 0 spiro atoms. The van der Waals surface area contributed by atoms with E-state index in [2.05, 4.69) is 0 Å². The van der Waals surface area contributed by atoms with E-state index >= 15 is 0 Å². The Kier molecular flexibility index (Phi) is 2.79. The van der Waals surface area contributed by atoms with Gasteiger partial charge in [-0.2, -0.15) is 0 Å². The van der Waals surface area contributed by atoms with Crippen LogP contribution in [0.5, 0.6) is 0 Å². The Morgan fingerprint density at radius 3 is 2.83 bits per heavy atom. The highest BCUT2D eigenvalue weighted by molar-refractivity contribution is 5.79. The molecule has 0 fully saturated rings. The summed E-state index contributed by atoms with van der Waals surface area (Å²) in [5.74, 6) is -0.0833. The summed E-state index contributed by atoms with van der Waals surface area (Å²) in [6, 6.07) is 0. The molecule has 0 heterocycles. The fourth-order valence-corrected chi connectivity index (χ4v) is 1.39. The van der Waals surface area contributed by atoms with E-state index in [1.165, 1.54) is 6.92 Å². The van der Waals surface area contributed by atoms with Crippen molar-refractivity contribution in [2.75, 3.05) is 0 Å². The molecule has 1 aliphatic carbocycles. The molecule has 2 heteroatoms. The second-order valence-electron chi connectivity index (χ2n) is 3.19. The largest absolute Gasteiger partial charge is 0.300 e. The SMILES string of the molecule is CC(=O)CC1=C(F)CCC=C1C. The monoisotopic (exact) mass is 168 g/mol. The first-order valence-corrected chi connectivity index (χ1v) is 4.15. The van der Waals surface area contributed by atoms with Crippen LogP contribution in [0.3, 0.4) is 0 Å². The van der Waals surface area contributed by atoms with Crippen molar-refractivity contribution in [3.8, 4) is 0 Å². The Morgan fingerprint density at radius 2 is 2.33 bits per heavy atom. The van der Waals surface area contributed by atoms with Crippen molar-refractivity contribution in [2.24, 2.45) is 0 Å². The van der Waals surface area contributed by atoms with Crippen molar-refractivity contribution in [2.45, 2.75) is 33.1 Å². The highest BCUT2D eigenvalue weighted by Crippen LogP contribution is 2.28. The van der Waals surface area contributed by atoms with E-state index in [0.29, 0.717) is 12.0 Å². The number of carbonyl (C=O) groups excluding carboxylic acids is 1. The van der Waals surface area contributed by atoms with Gasteiger partial charge in [0.15, 0.2) is 0 Å². The lowest BCUT2D eigenvalue weighted by molar-refractivity contribution is -0.116. The predicted octanol–water partition coefficient (Wildman–Crippen LogP) is 2.93. The average Bonchev–Trinajstić information content (AvgIpc) is 1.97. The molecule has 0 aliphatic heterocycles. The summed E-state index contributed by atoms with van der Waals surface area (Å²) in [6.07, 6.45) is 3.45. The van der Waals surface area contributed by atoms with Crippen molar-refractivity contribution in [3.05, 3.63) is 23.0 Å². The Labute approximate surface area is 72.0 Å². The molecule has 0 atom stereocenters. The molecule has 1 nitrogen and oxygen atoms in total. The van der Waals surface area contributed by atoms with Gasteiger partial charge in [-0.3, -0.25) is 4.79 Å². The number of allylic oxidation sites excluding steroid dienone is 4. The maximum absolute atomic E-state index is 13.1. The second-order valence-corrected chi connectivity index (χ2v) is 3.19. The van der Waals surface area contributed by atoms with E-state index in [0.717, 1.165) is 12.0 Å². The smallest absolute Gasteiger partial charge is 0.134 e. The van der Waals surface area contributed by atoms with Gasteiger partial charge in [0.1, 0.15) is 11.6 Å². The molecular formula is C10H13FO. The minimum Gasteiger partial charge on any atom is -0.300 e. The zero-order chi connectivity index (χ0) is 9.14. The number of hydrogen-bond acceptors (Lipinski definition) is 1. The van der Waals surface area contributed by atoms with Gasteiger partial charge in [-0.05, 0) is 31.4 Å². The summed E-state index contributed by atoms with van der Waals surface area (Å²) in [6.45, 7) is 3.35. The molecule has 0 radical (unpaired) electrons. The zero-order valence-corrected chi connectivity index (χ0v) is 7.48. The fourth-order valence-electron chi connectivity index (χ4n) is 1.39. The molecule has 66 valence electrons. The van der Waals surface area contributed by atoms with Gasteiger partial charge in [-0.25, -0.2) is 4.39 Å². The van der Waals surface area contributed by atoms with Crippen molar-refractivity contribution >= 4 is 5.78 Å². The summed E-state index contributed by atoms with van der Waals surface area (Å²) in [5.41, 5.74) is 1.53. The number of rotatable bonds is 2. The first-order valence-electron chi connectivity index (χ1n) is 4.15. The molecule has 0 unspecified atom stereocenters. The topological polar surface area (TPSA) is 17.1 Å². The third-order valence-electron chi connectivity index (χ3n) is 2.04. The van der Waals surface area contributed by atoms with E-state index in [-0.39, 0.29) is 18.0 Å². The minimum atomic E-state index is -0.106. The Hall–Kier alpha value is -0.920. The maximum Gasteiger partial charge on any atom is 0.134 e. The third kappa shape index (κ3) is 2.03. The van der Waals surface area contributed by atoms with Crippen molar-refractivity contribution in [1.82, 2.24) is 0 Å². The van der Waals surface area contributed by atoms with E-state index in [1.807, 2.05) is 13.0 Å².